The quantitative estimate of drug-likeness (QED) is 0.880. The molecule has 1 aromatic rings. The highest BCUT2D eigenvalue weighted by Crippen LogP contribution is 2.26. The lowest BCUT2D eigenvalue weighted by atomic mass is 10.2. The van der Waals surface area contributed by atoms with Gasteiger partial charge in [0.2, 0.25) is 15.9 Å². The summed E-state index contributed by atoms with van der Waals surface area (Å²) in [5.74, 6) is -0.198. The van der Waals surface area contributed by atoms with E-state index in [1.807, 2.05) is 24.3 Å². The molecule has 1 aromatic carbocycles. The van der Waals surface area contributed by atoms with Crippen molar-refractivity contribution < 1.29 is 13.2 Å². The van der Waals surface area contributed by atoms with Gasteiger partial charge in [0.15, 0.2) is 0 Å². The fraction of sp³-hybridized carbons (Fsp3) is 0.533. The first-order valence-electron chi connectivity index (χ1n) is 7.53. The molecule has 23 heavy (non-hydrogen) atoms. The van der Waals surface area contributed by atoms with Crippen molar-refractivity contribution >= 4 is 33.2 Å². The summed E-state index contributed by atoms with van der Waals surface area (Å²) < 4.78 is 24.9. The first kappa shape index (κ1) is 18.0. The molecule has 0 radical (unpaired) electrons. The standard InChI is InChI=1S/C15H22ClN3O3S/c1-12(17-23(2,21)22)15(20)19-9-5-8-18(10-11-19)14-7-4-3-6-13(14)16/h3-4,6-7,12,17H,5,8-11H2,1-2H3. The van der Waals surface area contributed by atoms with Crippen LogP contribution in [-0.4, -0.2) is 57.7 Å². The van der Waals surface area contributed by atoms with Gasteiger partial charge in [-0.1, -0.05) is 23.7 Å². The second-order valence-electron chi connectivity index (χ2n) is 5.73. The first-order valence-corrected chi connectivity index (χ1v) is 9.80. The van der Waals surface area contributed by atoms with Gasteiger partial charge in [-0.25, -0.2) is 13.1 Å². The molecule has 1 amide bonds. The lowest BCUT2D eigenvalue weighted by Crippen LogP contribution is -2.47. The number of halogens is 1. The van der Waals surface area contributed by atoms with Crippen molar-refractivity contribution in [2.45, 2.75) is 19.4 Å². The van der Waals surface area contributed by atoms with Crippen molar-refractivity contribution in [1.82, 2.24) is 9.62 Å². The Morgan fingerprint density at radius 1 is 1.22 bits per heavy atom. The van der Waals surface area contributed by atoms with Gasteiger partial charge in [-0.2, -0.15) is 0 Å². The van der Waals surface area contributed by atoms with E-state index < -0.39 is 16.1 Å². The predicted molar refractivity (Wildman–Crippen MR) is 92.3 cm³/mol. The number of carbonyl (C=O) groups is 1. The zero-order valence-electron chi connectivity index (χ0n) is 13.3. The zero-order valence-corrected chi connectivity index (χ0v) is 14.9. The normalized spacial score (nSPS) is 17.7. The topological polar surface area (TPSA) is 69.7 Å². The molecule has 0 saturated carbocycles. The fourth-order valence-corrected chi connectivity index (χ4v) is 3.73. The number of anilines is 1. The molecule has 2 rings (SSSR count). The second-order valence-corrected chi connectivity index (χ2v) is 7.92. The maximum absolute atomic E-state index is 12.4. The summed E-state index contributed by atoms with van der Waals surface area (Å²) >= 11 is 6.23. The minimum absolute atomic E-state index is 0.198. The van der Waals surface area contributed by atoms with Crippen LogP contribution >= 0.6 is 11.6 Å². The number of sulfonamides is 1. The van der Waals surface area contributed by atoms with Crippen molar-refractivity contribution in [3.8, 4) is 0 Å². The zero-order chi connectivity index (χ0) is 17.0. The lowest BCUT2D eigenvalue weighted by Gasteiger charge is -2.26. The SMILES string of the molecule is CC(NS(C)(=O)=O)C(=O)N1CCCN(c2ccccc2Cl)CC1. The van der Waals surface area contributed by atoms with Crippen LogP contribution in [0.5, 0.6) is 0 Å². The third-order valence-corrected chi connectivity index (χ3v) is 4.86. The molecule has 0 aromatic heterocycles. The van der Waals surface area contributed by atoms with E-state index in [2.05, 4.69) is 9.62 Å². The summed E-state index contributed by atoms with van der Waals surface area (Å²) in [6, 6.07) is 6.89. The molecule has 0 spiro atoms. The van der Waals surface area contributed by atoms with Gasteiger partial charge < -0.3 is 9.80 Å². The number of para-hydroxylation sites is 1. The van der Waals surface area contributed by atoms with E-state index in [1.54, 1.807) is 11.8 Å². The molecule has 6 nitrogen and oxygen atoms in total. The fourth-order valence-electron chi connectivity index (χ4n) is 2.73. The Bertz CT molecular complexity index is 666. The van der Waals surface area contributed by atoms with Crippen molar-refractivity contribution in [3.05, 3.63) is 29.3 Å². The van der Waals surface area contributed by atoms with Gasteiger partial charge in [0.1, 0.15) is 0 Å². The van der Waals surface area contributed by atoms with Gasteiger partial charge in [-0.3, -0.25) is 4.79 Å². The summed E-state index contributed by atoms with van der Waals surface area (Å²) in [5.41, 5.74) is 0.964. The molecule has 0 bridgehead atoms. The molecule has 1 unspecified atom stereocenters. The minimum Gasteiger partial charge on any atom is -0.368 e. The highest BCUT2D eigenvalue weighted by molar-refractivity contribution is 7.88. The molecule has 128 valence electrons. The Kier molecular flexibility index (Phi) is 5.89. The summed E-state index contributed by atoms with van der Waals surface area (Å²) in [6.07, 6.45) is 1.86. The molecular weight excluding hydrogens is 338 g/mol. The number of carbonyl (C=O) groups excluding carboxylic acids is 1. The van der Waals surface area contributed by atoms with E-state index in [0.717, 1.165) is 24.9 Å². The number of amides is 1. The maximum atomic E-state index is 12.4. The smallest absolute Gasteiger partial charge is 0.240 e. The Morgan fingerprint density at radius 3 is 2.57 bits per heavy atom. The summed E-state index contributed by atoms with van der Waals surface area (Å²) in [7, 11) is -3.40. The van der Waals surface area contributed by atoms with Crippen LogP contribution in [-0.2, 0) is 14.8 Å². The molecule has 1 atom stereocenters. The number of hydrogen-bond acceptors (Lipinski definition) is 4. The van der Waals surface area contributed by atoms with Crippen LogP contribution in [0.1, 0.15) is 13.3 Å². The highest BCUT2D eigenvalue weighted by Gasteiger charge is 2.25. The van der Waals surface area contributed by atoms with Gasteiger partial charge in [-0.05, 0) is 25.5 Å². The van der Waals surface area contributed by atoms with E-state index in [9.17, 15) is 13.2 Å². The monoisotopic (exact) mass is 359 g/mol. The van der Waals surface area contributed by atoms with Gasteiger partial charge in [-0.15, -0.1) is 0 Å². The number of nitrogens with one attached hydrogen (secondary N) is 1. The third-order valence-electron chi connectivity index (χ3n) is 3.76. The molecule has 1 aliphatic rings. The van der Waals surface area contributed by atoms with E-state index in [-0.39, 0.29) is 5.91 Å². The Morgan fingerprint density at radius 2 is 1.91 bits per heavy atom. The molecular formula is C15H22ClN3O3S. The minimum atomic E-state index is -3.40. The van der Waals surface area contributed by atoms with Crippen LogP contribution < -0.4 is 9.62 Å². The molecule has 1 heterocycles. The van der Waals surface area contributed by atoms with Crippen LogP contribution in [0.2, 0.25) is 5.02 Å². The summed E-state index contributed by atoms with van der Waals surface area (Å²) in [5, 5.41) is 0.694. The Hall–Kier alpha value is -1.31. The van der Waals surface area contributed by atoms with Crippen molar-refractivity contribution in [2.75, 3.05) is 37.3 Å². The van der Waals surface area contributed by atoms with Crippen molar-refractivity contribution in [2.24, 2.45) is 0 Å². The van der Waals surface area contributed by atoms with Crippen LogP contribution in [0, 0.1) is 0 Å². The van der Waals surface area contributed by atoms with Crippen LogP contribution in [0.4, 0.5) is 5.69 Å². The van der Waals surface area contributed by atoms with Crippen LogP contribution in [0.3, 0.4) is 0 Å². The van der Waals surface area contributed by atoms with Gasteiger partial charge >= 0.3 is 0 Å². The van der Waals surface area contributed by atoms with Gasteiger partial charge in [0, 0.05) is 26.2 Å². The highest BCUT2D eigenvalue weighted by atomic mass is 35.5. The summed E-state index contributed by atoms with van der Waals surface area (Å²) in [6.45, 7) is 4.19. The van der Waals surface area contributed by atoms with E-state index in [4.69, 9.17) is 11.6 Å². The molecule has 0 aliphatic carbocycles. The maximum Gasteiger partial charge on any atom is 0.240 e. The molecule has 8 heteroatoms. The molecule has 1 aliphatic heterocycles. The van der Waals surface area contributed by atoms with Crippen molar-refractivity contribution in [1.29, 1.82) is 0 Å². The van der Waals surface area contributed by atoms with Crippen LogP contribution in [0.25, 0.3) is 0 Å². The first-order chi connectivity index (χ1) is 10.8. The number of benzene rings is 1. The molecule has 1 fully saturated rings. The molecule has 1 saturated heterocycles. The third kappa shape index (κ3) is 5.09. The number of nitrogens with zero attached hydrogens (tertiary/aromatic N) is 2. The van der Waals surface area contributed by atoms with E-state index in [0.29, 0.717) is 24.7 Å². The average molecular weight is 360 g/mol. The Balaban J connectivity index is 2.01. The lowest BCUT2D eigenvalue weighted by molar-refractivity contribution is -0.132. The number of hydrogen-bond donors (Lipinski definition) is 1. The Labute approximate surface area is 142 Å². The van der Waals surface area contributed by atoms with Gasteiger partial charge in [0.05, 0.1) is 23.0 Å². The number of rotatable bonds is 4. The summed E-state index contributed by atoms with van der Waals surface area (Å²) in [4.78, 5) is 16.3. The second kappa shape index (κ2) is 7.51. The van der Waals surface area contributed by atoms with Crippen molar-refractivity contribution in [3.63, 3.8) is 0 Å². The molecule has 1 N–H and O–H groups in total. The van der Waals surface area contributed by atoms with E-state index >= 15 is 0 Å². The van der Waals surface area contributed by atoms with E-state index in [1.165, 1.54) is 0 Å². The van der Waals surface area contributed by atoms with Gasteiger partial charge in [0.25, 0.3) is 0 Å². The van der Waals surface area contributed by atoms with Crippen LogP contribution in [0.15, 0.2) is 24.3 Å². The largest absolute Gasteiger partial charge is 0.368 e. The predicted octanol–water partition coefficient (Wildman–Crippen LogP) is 1.32. The average Bonchev–Trinajstić information content (AvgIpc) is 2.71.